The number of carbonyl (C=O) groups is 2. The summed E-state index contributed by atoms with van der Waals surface area (Å²) in [7, 11) is 1.68. The lowest BCUT2D eigenvalue weighted by Gasteiger charge is -2.10. The molecule has 1 aliphatic rings. The molecule has 0 aliphatic carbocycles. The summed E-state index contributed by atoms with van der Waals surface area (Å²) in [4.78, 5) is 23.8. The molecule has 4 nitrogen and oxygen atoms in total. The van der Waals surface area contributed by atoms with E-state index in [1.807, 2.05) is 0 Å². The third-order valence-corrected chi connectivity index (χ3v) is 3.42. The molecule has 0 fully saturated rings. The Morgan fingerprint density at radius 2 is 2.20 bits per heavy atom. The number of likely N-dealkylation sites (N-methyl/N-ethyl adjacent to an activating group) is 1. The van der Waals surface area contributed by atoms with Crippen LogP contribution in [0.15, 0.2) is 16.6 Å². The summed E-state index contributed by atoms with van der Waals surface area (Å²) in [5, 5.41) is 8.90. The van der Waals surface area contributed by atoms with Gasteiger partial charge in [0.05, 0.1) is 12.0 Å². The average molecular weight is 270 g/mol. The van der Waals surface area contributed by atoms with E-state index >= 15 is 0 Å². The zero-order chi connectivity index (χ0) is 11.2. The van der Waals surface area contributed by atoms with Crippen LogP contribution in [0, 0.1) is 0 Å². The van der Waals surface area contributed by atoms with Gasteiger partial charge in [-0.3, -0.25) is 4.79 Å². The van der Waals surface area contributed by atoms with Crippen molar-refractivity contribution in [2.24, 2.45) is 0 Å². The van der Waals surface area contributed by atoms with Crippen LogP contribution in [0.1, 0.15) is 15.9 Å². The number of anilines is 1. The minimum atomic E-state index is -0.994. The Morgan fingerprint density at radius 1 is 1.53 bits per heavy atom. The number of hydrogen-bond donors (Lipinski definition) is 1. The second-order valence-corrected chi connectivity index (χ2v) is 4.15. The Bertz CT molecular complexity index is 470. The van der Waals surface area contributed by atoms with Crippen LogP contribution in [0.5, 0.6) is 0 Å². The molecule has 0 bridgehead atoms. The van der Waals surface area contributed by atoms with Gasteiger partial charge in [0.25, 0.3) is 0 Å². The van der Waals surface area contributed by atoms with Gasteiger partial charge in [-0.2, -0.15) is 0 Å². The topological polar surface area (TPSA) is 57.6 Å². The maximum Gasteiger partial charge on any atom is 0.336 e. The van der Waals surface area contributed by atoms with Gasteiger partial charge in [-0.15, -0.1) is 0 Å². The molecule has 15 heavy (non-hydrogen) atoms. The van der Waals surface area contributed by atoms with Gasteiger partial charge in [-0.05, 0) is 28.1 Å². The molecule has 0 radical (unpaired) electrons. The van der Waals surface area contributed by atoms with Crippen molar-refractivity contribution in [3.63, 3.8) is 0 Å². The number of halogens is 1. The highest BCUT2D eigenvalue weighted by atomic mass is 79.9. The molecule has 1 aliphatic heterocycles. The molecule has 1 aromatic carbocycles. The van der Waals surface area contributed by atoms with E-state index in [1.54, 1.807) is 13.1 Å². The standard InChI is InChI=1S/C10H8BrNO3/c1-12-7-3-2-5(10(14)15)9(11)6(7)4-8(12)13/h2-3H,4H2,1H3,(H,14,15). The fourth-order valence-corrected chi connectivity index (χ4v) is 2.31. The van der Waals surface area contributed by atoms with Gasteiger partial charge in [-0.25, -0.2) is 4.79 Å². The highest BCUT2D eigenvalue weighted by molar-refractivity contribution is 9.10. The van der Waals surface area contributed by atoms with Crippen molar-refractivity contribution in [3.05, 3.63) is 27.7 Å². The Kier molecular flexibility index (Phi) is 2.26. The molecule has 1 aromatic rings. The molecule has 0 saturated heterocycles. The maximum absolute atomic E-state index is 11.4. The van der Waals surface area contributed by atoms with Gasteiger partial charge in [0.2, 0.25) is 5.91 Å². The molecule has 78 valence electrons. The number of fused-ring (bicyclic) bond motifs is 1. The summed E-state index contributed by atoms with van der Waals surface area (Å²) in [6, 6.07) is 3.16. The first kappa shape index (κ1) is 10.2. The SMILES string of the molecule is CN1C(=O)Cc2c1ccc(C(=O)O)c2Br. The Labute approximate surface area is 94.6 Å². The van der Waals surface area contributed by atoms with Crippen LogP contribution >= 0.6 is 15.9 Å². The van der Waals surface area contributed by atoms with Crippen LogP contribution in [-0.4, -0.2) is 24.0 Å². The quantitative estimate of drug-likeness (QED) is 0.844. The van der Waals surface area contributed by atoms with Crippen molar-refractivity contribution in [1.82, 2.24) is 0 Å². The highest BCUT2D eigenvalue weighted by Crippen LogP contribution is 2.35. The van der Waals surface area contributed by atoms with Gasteiger partial charge in [0.1, 0.15) is 0 Å². The maximum atomic E-state index is 11.4. The van der Waals surface area contributed by atoms with E-state index < -0.39 is 5.97 Å². The first-order chi connectivity index (χ1) is 7.02. The number of carboxylic acids is 1. The van der Waals surface area contributed by atoms with E-state index in [0.29, 0.717) is 4.47 Å². The third-order valence-electron chi connectivity index (χ3n) is 2.51. The normalized spacial score (nSPS) is 14.3. The van der Waals surface area contributed by atoms with Crippen molar-refractivity contribution in [1.29, 1.82) is 0 Å². The van der Waals surface area contributed by atoms with E-state index in [2.05, 4.69) is 15.9 Å². The van der Waals surface area contributed by atoms with Crippen molar-refractivity contribution >= 4 is 33.5 Å². The fraction of sp³-hybridized carbons (Fsp3) is 0.200. The third kappa shape index (κ3) is 1.43. The van der Waals surface area contributed by atoms with E-state index in [9.17, 15) is 9.59 Å². The number of benzene rings is 1. The predicted octanol–water partition coefficient (Wildman–Crippen LogP) is 1.67. The van der Waals surface area contributed by atoms with Crippen LogP contribution in [0.25, 0.3) is 0 Å². The second kappa shape index (κ2) is 3.34. The molecule has 0 aromatic heterocycles. The summed E-state index contributed by atoms with van der Waals surface area (Å²) in [6.45, 7) is 0. The molecular weight excluding hydrogens is 262 g/mol. The lowest BCUT2D eigenvalue weighted by Crippen LogP contribution is -2.20. The van der Waals surface area contributed by atoms with Crippen molar-refractivity contribution < 1.29 is 14.7 Å². The number of aromatic carboxylic acids is 1. The van der Waals surface area contributed by atoms with Crippen molar-refractivity contribution in [2.45, 2.75) is 6.42 Å². The largest absolute Gasteiger partial charge is 0.478 e. The number of amides is 1. The number of carboxylic acid groups (broad SMARTS) is 1. The van der Waals surface area contributed by atoms with Gasteiger partial charge >= 0.3 is 5.97 Å². The molecule has 5 heteroatoms. The Balaban J connectivity index is 2.62. The second-order valence-electron chi connectivity index (χ2n) is 3.36. The van der Waals surface area contributed by atoms with Crippen molar-refractivity contribution in [3.8, 4) is 0 Å². The van der Waals surface area contributed by atoms with Gasteiger partial charge < -0.3 is 10.0 Å². The smallest absolute Gasteiger partial charge is 0.336 e. The van der Waals surface area contributed by atoms with E-state index in [-0.39, 0.29) is 17.9 Å². The lowest BCUT2D eigenvalue weighted by molar-refractivity contribution is -0.117. The number of rotatable bonds is 1. The summed E-state index contributed by atoms with van der Waals surface area (Å²) < 4.78 is 0.505. The Morgan fingerprint density at radius 3 is 2.80 bits per heavy atom. The molecule has 0 unspecified atom stereocenters. The monoisotopic (exact) mass is 269 g/mol. The van der Waals surface area contributed by atoms with Crippen LogP contribution in [0.4, 0.5) is 5.69 Å². The zero-order valence-corrected chi connectivity index (χ0v) is 9.54. The Hall–Kier alpha value is -1.36. The minimum absolute atomic E-state index is 0.0201. The summed E-state index contributed by atoms with van der Waals surface area (Å²) >= 11 is 3.23. The van der Waals surface area contributed by atoms with Crippen molar-refractivity contribution in [2.75, 3.05) is 11.9 Å². The van der Waals surface area contributed by atoms with Gasteiger partial charge in [-0.1, -0.05) is 0 Å². The van der Waals surface area contributed by atoms with Crippen LogP contribution in [0.3, 0.4) is 0 Å². The summed E-state index contributed by atoms with van der Waals surface area (Å²) in [6.07, 6.45) is 0.257. The summed E-state index contributed by atoms with van der Waals surface area (Å²) in [5.41, 5.74) is 1.72. The van der Waals surface area contributed by atoms with E-state index in [1.165, 1.54) is 11.0 Å². The van der Waals surface area contributed by atoms with Gasteiger partial charge in [0.15, 0.2) is 0 Å². The minimum Gasteiger partial charge on any atom is -0.478 e. The number of carbonyl (C=O) groups excluding carboxylic acids is 1. The van der Waals surface area contributed by atoms with Crippen LogP contribution in [0.2, 0.25) is 0 Å². The molecule has 1 amide bonds. The molecule has 0 atom stereocenters. The lowest BCUT2D eigenvalue weighted by atomic mass is 10.1. The van der Waals surface area contributed by atoms with E-state index in [0.717, 1.165) is 11.3 Å². The predicted molar refractivity (Wildman–Crippen MR) is 58.2 cm³/mol. The molecule has 2 rings (SSSR count). The van der Waals surface area contributed by atoms with Gasteiger partial charge in [0, 0.05) is 22.8 Å². The zero-order valence-electron chi connectivity index (χ0n) is 7.95. The first-order valence-corrected chi connectivity index (χ1v) is 5.13. The summed E-state index contributed by atoms with van der Waals surface area (Å²) in [5.74, 6) is -1.01. The molecular formula is C10H8BrNO3. The van der Waals surface area contributed by atoms with Crippen LogP contribution < -0.4 is 4.90 Å². The molecule has 1 heterocycles. The number of nitrogens with zero attached hydrogens (tertiary/aromatic N) is 1. The molecule has 0 saturated carbocycles. The average Bonchev–Trinajstić information content (AvgIpc) is 2.45. The molecule has 1 N–H and O–H groups in total. The van der Waals surface area contributed by atoms with E-state index in [4.69, 9.17) is 5.11 Å². The fourth-order valence-electron chi connectivity index (χ4n) is 1.66. The molecule has 0 spiro atoms. The highest BCUT2D eigenvalue weighted by Gasteiger charge is 2.28. The van der Waals surface area contributed by atoms with Crippen LogP contribution in [-0.2, 0) is 11.2 Å². The number of hydrogen-bond acceptors (Lipinski definition) is 2. The first-order valence-electron chi connectivity index (χ1n) is 4.33.